The van der Waals surface area contributed by atoms with Crippen LogP contribution in [0.25, 0.3) is 10.9 Å². The van der Waals surface area contributed by atoms with Gasteiger partial charge in [-0.2, -0.15) is 10.1 Å². The van der Waals surface area contributed by atoms with Crippen LogP contribution >= 0.6 is 0 Å². The van der Waals surface area contributed by atoms with E-state index in [0.717, 1.165) is 31.8 Å². The van der Waals surface area contributed by atoms with Gasteiger partial charge in [0.15, 0.2) is 5.75 Å². The Kier molecular flexibility index (Phi) is 3.91. The molecule has 3 fully saturated rings. The number of piperidine rings is 1. The summed E-state index contributed by atoms with van der Waals surface area (Å²) in [7, 11) is 0. The lowest BCUT2D eigenvalue weighted by atomic mass is 10.1. The molecule has 6 rings (SSSR count). The minimum atomic E-state index is -0.252. The number of epoxide rings is 1. The third-order valence-electron chi connectivity index (χ3n) is 6.03. The fourth-order valence-corrected chi connectivity index (χ4v) is 4.31. The van der Waals surface area contributed by atoms with Gasteiger partial charge in [0.05, 0.1) is 35.5 Å². The van der Waals surface area contributed by atoms with Gasteiger partial charge in [-0.25, -0.2) is 0 Å². The van der Waals surface area contributed by atoms with Gasteiger partial charge in [-0.1, -0.05) is 0 Å². The van der Waals surface area contributed by atoms with E-state index in [0.29, 0.717) is 29.0 Å². The van der Waals surface area contributed by atoms with Gasteiger partial charge in [-0.3, -0.25) is 24.3 Å². The number of ether oxygens (including phenoxy) is 2. The first-order valence-electron chi connectivity index (χ1n) is 10.2. The number of pyridine rings is 1. The molecule has 2 saturated heterocycles. The van der Waals surface area contributed by atoms with Crippen LogP contribution in [0.15, 0.2) is 35.6 Å². The first-order valence-corrected chi connectivity index (χ1v) is 10.2. The molecule has 3 aromatic heterocycles. The van der Waals surface area contributed by atoms with Gasteiger partial charge in [-0.05, 0) is 37.7 Å². The second-order valence-corrected chi connectivity index (χ2v) is 8.14. The number of rotatable bonds is 5. The Morgan fingerprint density at radius 1 is 1.24 bits per heavy atom. The van der Waals surface area contributed by atoms with Gasteiger partial charge >= 0.3 is 6.01 Å². The van der Waals surface area contributed by atoms with Crippen LogP contribution in [-0.2, 0) is 4.74 Å². The Balaban J connectivity index is 1.16. The van der Waals surface area contributed by atoms with Crippen molar-refractivity contribution in [3.8, 4) is 11.8 Å². The molecule has 0 spiro atoms. The summed E-state index contributed by atoms with van der Waals surface area (Å²) < 4.78 is 13.6. The van der Waals surface area contributed by atoms with Crippen LogP contribution in [0.5, 0.6) is 11.8 Å². The molecule has 1 saturated carbocycles. The summed E-state index contributed by atoms with van der Waals surface area (Å²) in [5, 5.41) is 4.98. The first-order chi connectivity index (χ1) is 14.2. The highest BCUT2D eigenvalue weighted by Crippen LogP contribution is 2.46. The van der Waals surface area contributed by atoms with E-state index in [2.05, 4.69) is 25.0 Å². The molecule has 5 heterocycles. The maximum atomic E-state index is 12.2. The van der Waals surface area contributed by atoms with Crippen LogP contribution in [0.1, 0.15) is 31.7 Å². The summed E-state index contributed by atoms with van der Waals surface area (Å²) in [5.41, 5.74) is 0.244. The van der Waals surface area contributed by atoms with Crippen LogP contribution in [0.4, 0.5) is 0 Å². The molecule has 3 aliphatic rings. The molecule has 29 heavy (non-hydrogen) atoms. The first kappa shape index (κ1) is 17.1. The fourth-order valence-electron chi connectivity index (χ4n) is 4.31. The molecule has 9 nitrogen and oxygen atoms in total. The highest BCUT2D eigenvalue weighted by atomic mass is 16.6. The third kappa shape index (κ3) is 3.30. The number of H-pyrrole nitrogens is 1. The Bertz CT molecular complexity index is 1110. The molecule has 1 aliphatic carbocycles. The van der Waals surface area contributed by atoms with E-state index in [1.54, 1.807) is 24.7 Å². The smallest absolute Gasteiger partial charge is 0.302 e. The zero-order valence-electron chi connectivity index (χ0n) is 15.9. The molecule has 0 bridgehead atoms. The largest absolute Gasteiger partial charge is 0.422 e. The molecule has 0 aromatic carbocycles. The topological polar surface area (TPSA) is 101 Å². The Hall–Kier alpha value is -2.78. The van der Waals surface area contributed by atoms with Crippen molar-refractivity contribution in [2.45, 2.75) is 44.1 Å². The molecule has 1 N–H and O–H groups in total. The van der Waals surface area contributed by atoms with Crippen LogP contribution in [0, 0.1) is 5.92 Å². The van der Waals surface area contributed by atoms with Gasteiger partial charge in [0.1, 0.15) is 12.3 Å². The lowest BCUT2D eigenvalue weighted by molar-refractivity contribution is 0.113. The van der Waals surface area contributed by atoms with Crippen molar-refractivity contribution in [1.29, 1.82) is 0 Å². The molecule has 3 atom stereocenters. The molecule has 2 aliphatic heterocycles. The molecule has 0 amide bonds. The lowest BCUT2D eigenvalue weighted by Crippen LogP contribution is -2.39. The third-order valence-corrected chi connectivity index (χ3v) is 6.03. The van der Waals surface area contributed by atoms with Crippen LogP contribution in [0.3, 0.4) is 0 Å². The van der Waals surface area contributed by atoms with Crippen molar-refractivity contribution < 1.29 is 9.47 Å². The number of aromatic amines is 1. The SMILES string of the molecule is O=c1[nH]c(Oc2cnn([C@H]3CCCN(C4OC4C4CC4)C3)c2)nc2cnccc12. The van der Waals surface area contributed by atoms with Crippen molar-refractivity contribution in [3.05, 3.63) is 41.2 Å². The van der Waals surface area contributed by atoms with E-state index in [9.17, 15) is 4.79 Å². The molecule has 0 radical (unpaired) electrons. The average Bonchev–Trinajstić information content (AvgIpc) is 3.65. The highest BCUT2D eigenvalue weighted by Gasteiger charge is 2.52. The standard InChI is InChI=1S/C20H22N6O3/c27-18-15-5-6-21-9-16(15)23-20(24-18)28-14-8-22-26(11-14)13-2-1-7-25(10-13)19-17(29-19)12-3-4-12/h5-6,8-9,11-13,17,19H,1-4,7,10H2,(H,23,24,27)/t13-,17?,19?/m0/s1. The van der Waals surface area contributed by atoms with Gasteiger partial charge < -0.3 is 9.47 Å². The molecular weight excluding hydrogens is 372 g/mol. The minimum absolute atomic E-state index is 0.138. The van der Waals surface area contributed by atoms with Crippen molar-refractivity contribution in [3.63, 3.8) is 0 Å². The molecule has 9 heteroatoms. The lowest BCUT2D eigenvalue weighted by Gasteiger charge is -2.31. The van der Waals surface area contributed by atoms with Crippen molar-refractivity contribution >= 4 is 10.9 Å². The van der Waals surface area contributed by atoms with Gasteiger partial charge in [0.25, 0.3) is 5.56 Å². The monoisotopic (exact) mass is 394 g/mol. The van der Waals surface area contributed by atoms with Crippen LogP contribution in [0.2, 0.25) is 0 Å². The number of nitrogens with one attached hydrogen (secondary N) is 1. The number of hydrogen-bond donors (Lipinski definition) is 1. The maximum absolute atomic E-state index is 12.2. The Morgan fingerprint density at radius 2 is 2.17 bits per heavy atom. The second kappa shape index (κ2) is 6.64. The summed E-state index contributed by atoms with van der Waals surface area (Å²) in [6, 6.07) is 2.06. The number of nitrogens with zero attached hydrogens (tertiary/aromatic N) is 5. The minimum Gasteiger partial charge on any atom is -0.422 e. The van der Waals surface area contributed by atoms with E-state index in [1.807, 2.05) is 10.9 Å². The van der Waals surface area contributed by atoms with Gasteiger partial charge in [0.2, 0.25) is 0 Å². The zero-order chi connectivity index (χ0) is 19.4. The maximum Gasteiger partial charge on any atom is 0.302 e. The fraction of sp³-hybridized carbons (Fsp3) is 0.500. The van der Waals surface area contributed by atoms with Gasteiger partial charge in [-0.15, -0.1) is 0 Å². The highest BCUT2D eigenvalue weighted by molar-refractivity contribution is 5.76. The predicted molar refractivity (Wildman–Crippen MR) is 104 cm³/mol. The van der Waals surface area contributed by atoms with E-state index in [-0.39, 0.29) is 17.6 Å². The molecular formula is C20H22N6O3. The molecule has 2 unspecified atom stereocenters. The summed E-state index contributed by atoms with van der Waals surface area (Å²) in [6.45, 7) is 2.02. The number of hydrogen-bond acceptors (Lipinski definition) is 7. The summed E-state index contributed by atoms with van der Waals surface area (Å²) in [6.07, 6.45) is 12.2. The molecule has 3 aromatic rings. The van der Waals surface area contributed by atoms with E-state index < -0.39 is 0 Å². The van der Waals surface area contributed by atoms with Crippen LogP contribution < -0.4 is 10.3 Å². The van der Waals surface area contributed by atoms with Crippen molar-refractivity contribution in [2.24, 2.45) is 5.92 Å². The quantitative estimate of drug-likeness (QED) is 0.661. The average molecular weight is 394 g/mol. The Morgan fingerprint density at radius 3 is 3.07 bits per heavy atom. The second-order valence-electron chi connectivity index (χ2n) is 8.14. The summed E-state index contributed by atoms with van der Waals surface area (Å²) >= 11 is 0. The van der Waals surface area contributed by atoms with E-state index in [1.165, 1.54) is 12.8 Å². The van der Waals surface area contributed by atoms with E-state index >= 15 is 0 Å². The number of aromatic nitrogens is 5. The zero-order valence-corrected chi connectivity index (χ0v) is 15.9. The Labute approximate surface area is 166 Å². The van der Waals surface area contributed by atoms with Crippen molar-refractivity contribution in [1.82, 2.24) is 29.6 Å². The number of likely N-dealkylation sites (tertiary alicyclic amines) is 1. The summed E-state index contributed by atoms with van der Waals surface area (Å²) in [4.78, 5) is 25.6. The van der Waals surface area contributed by atoms with Crippen LogP contribution in [-0.4, -0.2) is 55.1 Å². The van der Waals surface area contributed by atoms with E-state index in [4.69, 9.17) is 9.47 Å². The summed E-state index contributed by atoms with van der Waals surface area (Å²) in [5.74, 6) is 1.34. The normalized spacial score (nSPS) is 27.2. The van der Waals surface area contributed by atoms with Gasteiger partial charge in [0, 0.05) is 19.3 Å². The van der Waals surface area contributed by atoms with Crippen molar-refractivity contribution in [2.75, 3.05) is 13.1 Å². The predicted octanol–water partition coefficient (Wildman–Crippen LogP) is 2.08. The number of fused-ring (bicyclic) bond motifs is 1. The molecule has 150 valence electrons.